The molecule has 21 heavy (non-hydrogen) atoms. The maximum atomic E-state index is 12.6. The lowest BCUT2D eigenvalue weighted by atomic mass is 10.1. The van der Waals surface area contributed by atoms with Gasteiger partial charge in [-0.15, -0.1) is 0 Å². The zero-order chi connectivity index (χ0) is 15.4. The minimum absolute atomic E-state index is 0.158. The molecule has 1 aliphatic rings. The predicted molar refractivity (Wildman–Crippen MR) is 79.0 cm³/mol. The third-order valence-corrected chi connectivity index (χ3v) is 3.91. The Hall–Kier alpha value is -1.30. The normalized spacial score (nSPS) is 15.7. The lowest BCUT2D eigenvalue weighted by molar-refractivity contribution is -0.138. The zero-order valence-corrected chi connectivity index (χ0v) is 12.7. The smallest absolute Gasteiger partial charge is 0.323 e. The van der Waals surface area contributed by atoms with Crippen LogP contribution in [-0.4, -0.2) is 47.7 Å². The van der Waals surface area contributed by atoms with Crippen LogP contribution >= 0.6 is 23.2 Å². The molecule has 1 fully saturated rings. The van der Waals surface area contributed by atoms with E-state index in [1.807, 2.05) is 0 Å². The topological polar surface area (TPSA) is 66.8 Å². The number of carbonyl (C=O) groups excluding carboxylic acids is 1. The SMILES string of the molecule is O=C(O)CN(C(=O)c1ccc(Cl)cc1Cl)C1CCOCC1. The number of benzene rings is 1. The second-order valence-electron chi connectivity index (χ2n) is 4.79. The van der Waals surface area contributed by atoms with Gasteiger partial charge in [-0.3, -0.25) is 9.59 Å². The minimum Gasteiger partial charge on any atom is -0.480 e. The first-order chi connectivity index (χ1) is 9.99. The molecule has 0 atom stereocenters. The summed E-state index contributed by atoms with van der Waals surface area (Å²) in [6.45, 7) is 0.674. The molecule has 7 heteroatoms. The van der Waals surface area contributed by atoms with Gasteiger partial charge >= 0.3 is 5.97 Å². The van der Waals surface area contributed by atoms with Gasteiger partial charge in [-0.05, 0) is 31.0 Å². The summed E-state index contributed by atoms with van der Waals surface area (Å²) in [6.07, 6.45) is 1.23. The fraction of sp³-hybridized carbons (Fsp3) is 0.429. The van der Waals surface area contributed by atoms with Gasteiger partial charge in [0.2, 0.25) is 0 Å². The summed E-state index contributed by atoms with van der Waals surface area (Å²) >= 11 is 11.9. The third-order valence-electron chi connectivity index (χ3n) is 3.36. The van der Waals surface area contributed by atoms with E-state index in [4.69, 9.17) is 33.0 Å². The van der Waals surface area contributed by atoms with E-state index in [-0.39, 0.29) is 23.2 Å². The highest BCUT2D eigenvalue weighted by Gasteiger charge is 2.29. The summed E-state index contributed by atoms with van der Waals surface area (Å²) in [5, 5.41) is 9.69. The molecule has 1 N–H and O–H groups in total. The van der Waals surface area contributed by atoms with Crippen molar-refractivity contribution in [2.75, 3.05) is 19.8 Å². The monoisotopic (exact) mass is 331 g/mol. The number of halogens is 2. The van der Waals surface area contributed by atoms with Crippen molar-refractivity contribution in [1.29, 1.82) is 0 Å². The molecule has 5 nitrogen and oxygen atoms in total. The molecule has 0 bridgehead atoms. The molecular weight excluding hydrogens is 317 g/mol. The van der Waals surface area contributed by atoms with Gasteiger partial charge in [0.1, 0.15) is 6.54 Å². The third kappa shape index (κ3) is 4.09. The lowest BCUT2D eigenvalue weighted by Crippen LogP contribution is -2.46. The van der Waals surface area contributed by atoms with Crippen LogP contribution in [0.2, 0.25) is 10.0 Å². The molecule has 1 amide bonds. The Kier molecular flexibility index (Phi) is 5.45. The van der Waals surface area contributed by atoms with Gasteiger partial charge < -0.3 is 14.7 Å². The van der Waals surface area contributed by atoms with Crippen LogP contribution in [0.3, 0.4) is 0 Å². The van der Waals surface area contributed by atoms with Crippen LogP contribution in [-0.2, 0) is 9.53 Å². The molecule has 1 heterocycles. The lowest BCUT2D eigenvalue weighted by Gasteiger charge is -2.33. The number of ether oxygens (including phenoxy) is 1. The van der Waals surface area contributed by atoms with Gasteiger partial charge in [0, 0.05) is 24.3 Å². The number of nitrogens with zero attached hydrogens (tertiary/aromatic N) is 1. The van der Waals surface area contributed by atoms with E-state index in [1.54, 1.807) is 6.07 Å². The van der Waals surface area contributed by atoms with Gasteiger partial charge in [-0.25, -0.2) is 0 Å². The Bertz CT molecular complexity index is 544. The number of carbonyl (C=O) groups is 2. The predicted octanol–water partition coefficient (Wildman–Crippen LogP) is 2.70. The molecule has 0 aliphatic carbocycles. The molecule has 0 saturated carbocycles. The second-order valence-corrected chi connectivity index (χ2v) is 5.64. The van der Waals surface area contributed by atoms with Crippen molar-refractivity contribution >= 4 is 35.1 Å². The average Bonchev–Trinajstić information content (AvgIpc) is 2.45. The molecule has 0 aromatic heterocycles. The van der Waals surface area contributed by atoms with E-state index < -0.39 is 11.9 Å². The fourth-order valence-corrected chi connectivity index (χ4v) is 2.82. The first-order valence-corrected chi connectivity index (χ1v) is 7.30. The van der Waals surface area contributed by atoms with Crippen molar-refractivity contribution < 1.29 is 19.4 Å². The van der Waals surface area contributed by atoms with E-state index in [2.05, 4.69) is 0 Å². The molecular formula is C14H15Cl2NO4. The summed E-state index contributed by atoms with van der Waals surface area (Å²) in [4.78, 5) is 25.0. The van der Waals surface area contributed by atoms with E-state index in [9.17, 15) is 9.59 Å². The summed E-state index contributed by atoms with van der Waals surface area (Å²) < 4.78 is 5.25. The van der Waals surface area contributed by atoms with Crippen molar-refractivity contribution in [3.05, 3.63) is 33.8 Å². The van der Waals surface area contributed by atoms with E-state index >= 15 is 0 Å². The van der Waals surface area contributed by atoms with Crippen molar-refractivity contribution in [1.82, 2.24) is 4.90 Å². The number of carboxylic acid groups (broad SMARTS) is 1. The van der Waals surface area contributed by atoms with Crippen LogP contribution < -0.4 is 0 Å². The van der Waals surface area contributed by atoms with Gasteiger partial charge in [0.15, 0.2) is 0 Å². The van der Waals surface area contributed by atoms with Crippen LogP contribution in [0.1, 0.15) is 23.2 Å². The molecule has 114 valence electrons. The van der Waals surface area contributed by atoms with E-state index in [0.717, 1.165) is 0 Å². The second kappa shape index (κ2) is 7.11. The standard InChI is InChI=1S/C14H15Cl2NO4/c15-9-1-2-11(12(16)7-9)14(20)17(8-13(18)19)10-3-5-21-6-4-10/h1-2,7,10H,3-6,8H2,(H,18,19). The maximum absolute atomic E-state index is 12.6. The van der Waals surface area contributed by atoms with Crippen molar-refractivity contribution in [2.24, 2.45) is 0 Å². The molecule has 1 aromatic carbocycles. The van der Waals surface area contributed by atoms with Crippen LogP contribution in [0.4, 0.5) is 0 Å². The Labute approximate surface area is 132 Å². The summed E-state index contributed by atoms with van der Waals surface area (Å²) in [6, 6.07) is 4.39. The molecule has 1 aromatic rings. The Morgan fingerprint density at radius 1 is 1.29 bits per heavy atom. The van der Waals surface area contributed by atoms with Crippen LogP contribution in [0.15, 0.2) is 18.2 Å². The van der Waals surface area contributed by atoms with Gasteiger partial charge in [-0.2, -0.15) is 0 Å². The highest BCUT2D eigenvalue weighted by atomic mass is 35.5. The van der Waals surface area contributed by atoms with E-state index in [1.165, 1.54) is 17.0 Å². The quantitative estimate of drug-likeness (QED) is 0.921. The summed E-state index contributed by atoms with van der Waals surface area (Å²) in [7, 11) is 0. The molecule has 2 rings (SSSR count). The van der Waals surface area contributed by atoms with Crippen LogP contribution in [0.5, 0.6) is 0 Å². The molecule has 0 spiro atoms. The van der Waals surface area contributed by atoms with Crippen molar-refractivity contribution in [3.8, 4) is 0 Å². The first-order valence-electron chi connectivity index (χ1n) is 6.54. The highest BCUT2D eigenvalue weighted by Crippen LogP contribution is 2.24. The maximum Gasteiger partial charge on any atom is 0.323 e. The number of hydrogen-bond donors (Lipinski definition) is 1. The number of rotatable bonds is 4. The zero-order valence-electron chi connectivity index (χ0n) is 11.2. The van der Waals surface area contributed by atoms with Gasteiger partial charge in [0.05, 0.1) is 10.6 Å². The molecule has 0 radical (unpaired) electrons. The summed E-state index contributed by atoms with van der Waals surface area (Å²) in [5.41, 5.74) is 0.258. The molecule has 0 unspecified atom stereocenters. The van der Waals surface area contributed by atoms with Gasteiger partial charge in [0.25, 0.3) is 5.91 Å². The Balaban J connectivity index is 2.26. The molecule has 1 saturated heterocycles. The Morgan fingerprint density at radius 3 is 2.52 bits per heavy atom. The molecule has 1 aliphatic heterocycles. The largest absolute Gasteiger partial charge is 0.480 e. The van der Waals surface area contributed by atoms with Crippen molar-refractivity contribution in [2.45, 2.75) is 18.9 Å². The first kappa shape index (κ1) is 16.1. The van der Waals surface area contributed by atoms with E-state index in [0.29, 0.717) is 31.1 Å². The summed E-state index contributed by atoms with van der Waals surface area (Å²) in [5.74, 6) is -1.45. The van der Waals surface area contributed by atoms with Crippen LogP contribution in [0.25, 0.3) is 0 Å². The number of amides is 1. The fourth-order valence-electron chi connectivity index (χ4n) is 2.33. The number of hydrogen-bond acceptors (Lipinski definition) is 3. The Morgan fingerprint density at radius 2 is 1.95 bits per heavy atom. The van der Waals surface area contributed by atoms with Gasteiger partial charge in [-0.1, -0.05) is 23.2 Å². The average molecular weight is 332 g/mol. The minimum atomic E-state index is -1.06. The van der Waals surface area contributed by atoms with Crippen molar-refractivity contribution in [3.63, 3.8) is 0 Å². The number of carboxylic acids is 1. The number of aliphatic carboxylic acids is 1. The van der Waals surface area contributed by atoms with Crippen LogP contribution in [0, 0.1) is 0 Å². The highest BCUT2D eigenvalue weighted by molar-refractivity contribution is 6.36.